The molecule has 3 rings (SSSR count). The Balaban J connectivity index is 1.54. The van der Waals surface area contributed by atoms with Crippen molar-refractivity contribution in [1.29, 1.82) is 0 Å². The van der Waals surface area contributed by atoms with Crippen molar-refractivity contribution in [1.82, 2.24) is 9.97 Å². The van der Waals surface area contributed by atoms with Crippen molar-refractivity contribution in [3.8, 4) is 5.75 Å². The van der Waals surface area contributed by atoms with Crippen LogP contribution in [0.1, 0.15) is 0 Å². The van der Waals surface area contributed by atoms with Crippen molar-refractivity contribution in [3.05, 3.63) is 71.0 Å². The van der Waals surface area contributed by atoms with E-state index in [0.29, 0.717) is 37.8 Å². The average Bonchev–Trinajstić information content (AvgIpc) is 2.82. The molecule has 10 nitrogen and oxygen atoms in total. The maximum Gasteiger partial charge on any atom is 0.229 e. The van der Waals surface area contributed by atoms with Gasteiger partial charge in [-0.3, -0.25) is 0 Å². The third-order valence-electron chi connectivity index (χ3n) is 4.16. The number of nitrogens with zero attached hydrogens (tertiary/aromatic N) is 5. The van der Waals surface area contributed by atoms with Gasteiger partial charge in [0.2, 0.25) is 5.95 Å². The van der Waals surface area contributed by atoms with E-state index in [1.807, 2.05) is 31.3 Å². The Morgan fingerprint density at radius 1 is 1.03 bits per heavy atom. The molecule has 1 heterocycles. The van der Waals surface area contributed by atoms with Crippen LogP contribution in [0, 0.1) is 5.82 Å². The van der Waals surface area contributed by atoms with Crippen LogP contribution in [0.15, 0.2) is 59.8 Å². The van der Waals surface area contributed by atoms with Crippen molar-refractivity contribution >= 4 is 28.8 Å². The lowest BCUT2D eigenvalue weighted by atomic mass is 10.3. The minimum absolute atomic E-state index is 0.0659. The van der Waals surface area contributed by atoms with Gasteiger partial charge in [0.05, 0.1) is 19.4 Å². The molecule has 0 radical (unpaired) electrons. The van der Waals surface area contributed by atoms with Crippen molar-refractivity contribution in [2.24, 2.45) is 5.11 Å². The third-order valence-corrected chi connectivity index (χ3v) is 4.16. The quantitative estimate of drug-likeness (QED) is 0.159. The molecule has 0 amide bonds. The van der Waals surface area contributed by atoms with E-state index >= 15 is 0 Å². The van der Waals surface area contributed by atoms with Crippen LogP contribution >= 0.6 is 0 Å². The summed E-state index contributed by atoms with van der Waals surface area (Å²) >= 11 is 0. The SMILES string of the molecule is CNc1cccc(Nc2nc(Nc3ccc(OCCOCCN=[N+]=[N-])cc3)ncc2F)c1. The van der Waals surface area contributed by atoms with Crippen LogP contribution in [0.25, 0.3) is 10.4 Å². The highest BCUT2D eigenvalue weighted by molar-refractivity contribution is 5.64. The Labute approximate surface area is 184 Å². The number of azide groups is 1. The number of anilines is 5. The highest BCUT2D eigenvalue weighted by Gasteiger charge is 2.08. The Bertz CT molecular complexity index is 1060. The molecule has 1 aromatic heterocycles. The number of rotatable bonds is 12. The minimum Gasteiger partial charge on any atom is -0.491 e. The van der Waals surface area contributed by atoms with E-state index in [9.17, 15) is 4.39 Å². The summed E-state index contributed by atoms with van der Waals surface area (Å²) in [6.45, 7) is 1.40. The molecule has 2 aromatic carbocycles. The smallest absolute Gasteiger partial charge is 0.229 e. The predicted octanol–water partition coefficient (Wildman–Crippen LogP) is 4.85. The zero-order chi connectivity index (χ0) is 22.6. The van der Waals surface area contributed by atoms with Gasteiger partial charge in [0.1, 0.15) is 12.4 Å². The summed E-state index contributed by atoms with van der Waals surface area (Å²) in [5.41, 5.74) is 10.5. The van der Waals surface area contributed by atoms with E-state index in [0.717, 1.165) is 17.6 Å². The van der Waals surface area contributed by atoms with E-state index in [-0.39, 0.29) is 11.8 Å². The fourth-order valence-electron chi connectivity index (χ4n) is 2.64. The van der Waals surface area contributed by atoms with E-state index in [1.165, 1.54) is 0 Å². The summed E-state index contributed by atoms with van der Waals surface area (Å²) in [4.78, 5) is 10.9. The van der Waals surface area contributed by atoms with Crippen LogP contribution in [0.4, 0.5) is 33.2 Å². The van der Waals surface area contributed by atoms with Gasteiger partial charge in [-0.25, -0.2) is 9.37 Å². The molecule has 0 atom stereocenters. The molecule has 3 N–H and O–H groups in total. The van der Waals surface area contributed by atoms with Crippen LogP contribution in [0.3, 0.4) is 0 Å². The standard InChI is InChI=1S/C21H23FN8O2/c1-24-16-3-2-4-17(13-16)27-20-19(22)14-25-21(29-20)28-15-5-7-18(8-6-15)32-12-11-31-10-9-26-30-23/h2-8,13-14,24H,9-12H2,1H3,(H2,25,27,28,29). The second kappa shape index (κ2) is 11.9. The molecule has 0 aliphatic rings. The largest absolute Gasteiger partial charge is 0.491 e. The molecule has 32 heavy (non-hydrogen) atoms. The highest BCUT2D eigenvalue weighted by Crippen LogP contribution is 2.23. The van der Waals surface area contributed by atoms with Gasteiger partial charge in [0.15, 0.2) is 11.6 Å². The summed E-state index contributed by atoms with van der Waals surface area (Å²) in [5, 5.41) is 12.4. The first-order chi connectivity index (χ1) is 15.7. The van der Waals surface area contributed by atoms with Gasteiger partial charge in [-0.1, -0.05) is 11.2 Å². The lowest BCUT2D eigenvalue weighted by Gasteiger charge is -2.11. The first-order valence-electron chi connectivity index (χ1n) is 9.84. The van der Waals surface area contributed by atoms with Crippen molar-refractivity contribution < 1.29 is 13.9 Å². The molecule has 3 aromatic rings. The fourth-order valence-corrected chi connectivity index (χ4v) is 2.64. The van der Waals surface area contributed by atoms with Gasteiger partial charge in [-0.2, -0.15) is 4.98 Å². The van der Waals surface area contributed by atoms with Gasteiger partial charge in [-0.15, -0.1) is 0 Å². The topological polar surface area (TPSA) is 129 Å². The number of benzene rings is 2. The molecule has 0 bridgehead atoms. The van der Waals surface area contributed by atoms with Crippen LogP contribution in [0.5, 0.6) is 5.75 Å². The van der Waals surface area contributed by atoms with Crippen molar-refractivity contribution in [3.63, 3.8) is 0 Å². The van der Waals surface area contributed by atoms with E-state index in [2.05, 4.69) is 35.9 Å². The first kappa shape index (κ1) is 22.6. The van der Waals surface area contributed by atoms with Crippen molar-refractivity contribution in [2.45, 2.75) is 0 Å². The van der Waals surface area contributed by atoms with Gasteiger partial charge in [0, 0.05) is 35.6 Å². The number of ether oxygens (including phenoxy) is 2. The maximum atomic E-state index is 14.2. The molecule has 0 aliphatic heterocycles. The number of hydrogen-bond acceptors (Lipinski definition) is 8. The Morgan fingerprint density at radius 2 is 1.84 bits per heavy atom. The predicted molar refractivity (Wildman–Crippen MR) is 121 cm³/mol. The van der Waals surface area contributed by atoms with E-state index in [1.54, 1.807) is 24.3 Å². The van der Waals surface area contributed by atoms with Gasteiger partial charge in [0.25, 0.3) is 0 Å². The summed E-state index contributed by atoms with van der Waals surface area (Å²) in [5.74, 6) is 0.425. The van der Waals surface area contributed by atoms with Crippen molar-refractivity contribution in [2.75, 3.05) is 49.4 Å². The molecular weight excluding hydrogens is 415 g/mol. The first-order valence-corrected chi connectivity index (χ1v) is 9.84. The van der Waals surface area contributed by atoms with E-state index in [4.69, 9.17) is 15.0 Å². The highest BCUT2D eigenvalue weighted by atomic mass is 19.1. The molecular formula is C21H23FN8O2. The molecule has 11 heteroatoms. The molecule has 0 fully saturated rings. The number of nitrogens with one attached hydrogen (secondary N) is 3. The molecule has 0 unspecified atom stereocenters. The Kier molecular flexibility index (Phi) is 8.43. The molecule has 0 saturated carbocycles. The Morgan fingerprint density at radius 3 is 2.62 bits per heavy atom. The lowest BCUT2D eigenvalue weighted by molar-refractivity contribution is 0.106. The fraction of sp³-hybridized carbons (Fsp3) is 0.238. The van der Waals surface area contributed by atoms with Crippen LogP contribution in [0.2, 0.25) is 0 Å². The molecule has 0 saturated heterocycles. The maximum absolute atomic E-state index is 14.2. The average molecular weight is 438 g/mol. The second-order valence-electron chi connectivity index (χ2n) is 6.41. The minimum atomic E-state index is -0.559. The van der Waals surface area contributed by atoms with Gasteiger partial charge in [-0.05, 0) is 48.0 Å². The summed E-state index contributed by atoms with van der Waals surface area (Å²) in [6.07, 6.45) is 1.11. The Hall–Kier alpha value is -4.08. The summed E-state index contributed by atoms with van der Waals surface area (Å²) in [6, 6.07) is 14.6. The summed E-state index contributed by atoms with van der Waals surface area (Å²) < 4.78 is 25.0. The monoisotopic (exact) mass is 438 g/mol. The number of hydrogen-bond donors (Lipinski definition) is 3. The van der Waals surface area contributed by atoms with Crippen LogP contribution in [-0.2, 0) is 4.74 Å². The van der Waals surface area contributed by atoms with Crippen LogP contribution < -0.4 is 20.7 Å². The zero-order valence-electron chi connectivity index (χ0n) is 17.5. The van der Waals surface area contributed by atoms with E-state index < -0.39 is 5.82 Å². The molecule has 0 aliphatic carbocycles. The number of halogens is 1. The van der Waals surface area contributed by atoms with Gasteiger partial charge >= 0.3 is 0 Å². The number of aromatic nitrogens is 2. The second-order valence-corrected chi connectivity index (χ2v) is 6.41. The molecule has 0 spiro atoms. The zero-order valence-corrected chi connectivity index (χ0v) is 17.5. The van der Waals surface area contributed by atoms with Gasteiger partial charge < -0.3 is 25.4 Å². The van der Waals surface area contributed by atoms with Crippen LogP contribution in [-0.4, -0.2) is 43.4 Å². The third kappa shape index (κ3) is 7.01. The molecule has 166 valence electrons. The lowest BCUT2D eigenvalue weighted by Crippen LogP contribution is -2.08. The normalized spacial score (nSPS) is 10.2. The summed E-state index contributed by atoms with van der Waals surface area (Å²) in [7, 11) is 1.81.